The summed E-state index contributed by atoms with van der Waals surface area (Å²) in [4.78, 5) is 34.6. The third-order valence-corrected chi connectivity index (χ3v) is 2.60. The van der Waals surface area contributed by atoms with Crippen LogP contribution >= 0.6 is 0 Å². The van der Waals surface area contributed by atoms with Gasteiger partial charge in [0.2, 0.25) is 0 Å². The SMILES string of the molecule is C=CC(=O)Oc1ccc(C(=O)OC)c(C)c1C(=O)OC. The molecule has 6 heteroatoms. The molecule has 0 aliphatic heterocycles. The minimum atomic E-state index is -0.722. The molecular weight excluding hydrogens is 264 g/mol. The normalized spacial score (nSPS) is 9.55. The number of carbonyl (C=O) groups is 3. The van der Waals surface area contributed by atoms with Crippen LogP contribution in [0.1, 0.15) is 26.3 Å². The molecule has 0 spiro atoms. The molecule has 106 valence electrons. The Morgan fingerprint density at radius 1 is 1.10 bits per heavy atom. The summed E-state index contributed by atoms with van der Waals surface area (Å²) in [7, 11) is 2.41. The van der Waals surface area contributed by atoms with Gasteiger partial charge in [-0.15, -0.1) is 0 Å². The van der Waals surface area contributed by atoms with Gasteiger partial charge in [-0.3, -0.25) is 0 Å². The Bertz CT molecular complexity index is 573. The predicted octanol–water partition coefficient (Wildman–Crippen LogP) is 1.66. The van der Waals surface area contributed by atoms with Gasteiger partial charge in [0.15, 0.2) is 0 Å². The van der Waals surface area contributed by atoms with E-state index in [4.69, 9.17) is 4.74 Å². The molecule has 0 amide bonds. The van der Waals surface area contributed by atoms with E-state index in [1.807, 2.05) is 0 Å². The van der Waals surface area contributed by atoms with Crippen molar-refractivity contribution in [3.05, 3.63) is 41.5 Å². The van der Waals surface area contributed by atoms with Gasteiger partial charge in [-0.05, 0) is 24.6 Å². The second-order valence-corrected chi connectivity index (χ2v) is 3.72. The number of carbonyl (C=O) groups excluding carboxylic acids is 3. The zero-order valence-corrected chi connectivity index (χ0v) is 11.4. The van der Waals surface area contributed by atoms with Crippen LogP contribution in [0.25, 0.3) is 0 Å². The van der Waals surface area contributed by atoms with E-state index < -0.39 is 17.9 Å². The Morgan fingerprint density at radius 3 is 2.20 bits per heavy atom. The molecule has 0 saturated heterocycles. The molecule has 20 heavy (non-hydrogen) atoms. The maximum absolute atomic E-state index is 11.8. The summed E-state index contributed by atoms with van der Waals surface area (Å²) in [6.07, 6.45) is 0.963. The average molecular weight is 278 g/mol. The van der Waals surface area contributed by atoms with E-state index >= 15 is 0 Å². The minimum Gasteiger partial charge on any atom is -0.465 e. The molecule has 0 aliphatic rings. The Hall–Kier alpha value is -2.63. The fourth-order valence-electron chi connectivity index (χ4n) is 1.61. The van der Waals surface area contributed by atoms with Crippen molar-refractivity contribution in [2.45, 2.75) is 6.92 Å². The van der Waals surface area contributed by atoms with Crippen molar-refractivity contribution in [1.29, 1.82) is 0 Å². The molecule has 6 nitrogen and oxygen atoms in total. The Balaban J connectivity index is 3.43. The molecule has 0 N–H and O–H groups in total. The lowest BCUT2D eigenvalue weighted by Crippen LogP contribution is -2.14. The highest BCUT2D eigenvalue weighted by Crippen LogP contribution is 2.27. The van der Waals surface area contributed by atoms with Crippen molar-refractivity contribution >= 4 is 17.9 Å². The van der Waals surface area contributed by atoms with Gasteiger partial charge in [-0.1, -0.05) is 6.58 Å². The second kappa shape index (κ2) is 6.51. The topological polar surface area (TPSA) is 78.9 Å². The van der Waals surface area contributed by atoms with Gasteiger partial charge in [-0.25, -0.2) is 14.4 Å². The maximum atomic E-state index is 11.8. The van der Waals surface area contributed by atoms with Gasteiger partial charge in [0, 0.05) is 6.08 Å². The van der Waals surface area contributed by atoms with Crippen LogP contribution < -0.4 is 4.74 Å². The van der Waals surface area contributed by atoms with Crippen LogP contribution in [-0.2, 0) is 14.3 Å². The smallest absolute Gasteiger partial charge is 0.341 e. The monoisotopic (exact) mass is 278 g/mol. The van der Waals surface area contributed by atoms with Crippen LogP contribution in [0.15, 0.2) is 24.8 Å². The Morgan fingerprint density at radius 2 is 1.70 bits per heavy atom. The number of esters is 3. The first-order chi connectivity index (χ1) is 9.46. The first-order valence-electron chi connectivity index (χ1n) is 5.60. The lowest BCUT2D eigenvalue weighted by Gasteiger charge is -2.13. The van der Waals surface area contributed by atoms with Gasteiger partial charge in [0.1, 0.15) is 11.3 Å². The molecule has 0 unspecified atom stereocenters. The molecule has 1 rings (SSSR count). The van der Waals surface area contributed by atoms with Crippen LogP contribution in [0.3, 0.4) is 0 Å². The molecule has 0 aliphatic carbocycles. The van der Waals surface area contributed by atoms with Gasteiger partial charge >= 0.3 is 17.9 Å². The predicted molar refractivity (Wildman–Crippen MR) is 69.7 cm³/mol. The summed E-state index contributed by atoms with van der Waals surface area (Å²) < 4.78 is 14.2. The molecule has 0 heterocycles. The molecule has 0 aromatic heterocycles. The highest BCUT2D eigenvalue weighted by atomic mass is 16.5. The fraction of sp³-hybridized carbons (Fsp3) is 0.214. The zero-order valence-electron chi connectivity index (χ0n) is 11.4. The number of ether oxygens (including phenoxy) is 3. The summed E-state index contributed by atoms with van der Waals surface area (Å²) in [6, 6.07) is 2.73. The van der Waals surface area contributed by atoms with E-state index in [0.717, 1.165) is 6.08 Å². The molecule has 0 radical (unpaired) electrons. The number of hydrogen-bond donors (Lipinski definition) is 0. The second-order valence-electron chi connectivity index (χ2n) is 3.72. The number of rotatable bonds is 4. The van der Waals surface area contributed by atoms with Crippen LogP contribution in [0.4, 0.5) is 0 Å². The van der Waals surface area contributed by atoms with E-state index in [-0.39, 0.29) is 16.9 Å². The first kappa shape index (κ1) is 15.4. The third kappa shape index (κ3) is 3.03. The number of methoxy groups -OCH3 is 2. The van der Waals surface area contributed by atoms with Crippen molar-refractivity contribution in [3.63, 3.8) is 0 Å². The first-order valence-corrected chi connectivity index (χ1v) is 5.60. The molecule has 0 atom stereocenters. The summed E-state index contributed by atoms with van der Waals surface area (Å²) in [5, 5.41) is 0. The molecule has 0 saturated carbocycles. The van der Waals surface area contributed by atoms with Crippen LogP contribution in [0.5, 0.6) is 5.75 Å². The number of benzene rings is 1. The van der Waals surface area contributed by atoms with Crippen molar-refractivity contribution in [2.75, 3.05) is 14.2 Å². The van der Waals surface area contributed by atoms with Gasteiger partial charge in [-0.2, -0.15) is 0 Å². The van der Waals surface area contributed by atoms with Gasteiger partial charge in [0.25, 0.3) is 0 Å². The maximum Gasteiger partial charge on any atom is 0.341 e. The van der Waals surface area contributed by atoms with Crippen LogP contribution in [-0.4, -0.2) is 32.1 Å². The summed E-state index contributed by atoms with van der Waals surface area (Å²) >= 11 is 0. The third-order valence-electron chi connectivity index (χ3n) is 2.60. The molecular formula is C14H14O6. The summed E-state index contributed by atoms with van der Waals surface area (Å²) in [5.41, 5.74) is 0.481. The summed E-state index contributed by atoms with van der Waals surface area (Å²) in [6.45, 7) is 4.80. The van der Waals surface area contributed by atoms with E-state index in [2.05, 4.69) is 16.1 Å². The average Bonchev–Trinajstić information content (AvgIpc) is 2.45. The number of hydrogen-bond acceptors (Lipinski definition) is 6. The zero-order chi connectivity index (χ0) is 15.3. The van der Waals surface area contributed by atoms with E-state index in [0.29, 0.717) is 5.56 Å². The summed E-state index contributed by atoms with van der Waals surface area (Å²) in [5.74, 6) is -2.05. The largest absolute Gasteiger partial charge is 0.465 e. The fourth-order valence-corrected chi connectivity index (χ4v) is 1.61. The molecule has 1 aromatic rings. The van der Waals surface area contributed by atoms with Crippen molar-refractivity contribution < 1.29 is 28.6 Å². The highest BCUT2D eigenvalue weighted by molar-refractivity contribution is 6.00. The van der Waals surface area contributed by atoms with E-state index in [1.165, 1.54) is 33.3 Å². The lowest BCUT2D eigenvalue weighted by molar-refractivity contribution is -0.128. The Labute approximate surface area is 115 Å². The van der Waals surface area contributed by atoms with Crippen molar-refractivity contribution in [3.8, 4) is 5.75 Å². The van der Waals surface area contributed by atoms with E-state index in [9.17, 15) is 14.4 Å². The standard InChI is InChI=1S/C14H14O6/c1-5-11(15)20-10-7-6-9(13(16)18-3)8(2)12(10)14(17)19-4/h5-7H,1H2,2-4H3. The van der Waals surface area contributed by atoms with E-state index in [1.54, 1.807) is 0 Å². The van der Waals surface area contributed by atoms with Crippen molar-refractivity contribution in [2.24, 2.45) is 0 Å². The highest BCUT2D eigenvalue weighted by Gasteiger charge is 2.23. The molecule has 1 aromatic carbocycles. The van der Waals surface area contributed by atoms with Crippen LogP contribution in [0, 0.1) is 6.92 Å². The molecule has 0 bridgehead atoms. The van der Waals surface area contributed by atoms with Crippen molar-refractivity contribution in [1.82, 2.24) is 0 Å². The van der Waals surface area contributed by atoms with Gasteiger partial charge < -0.3 is 14.2 Å². The van der Waals surface area contributed by atoms with Gasteiger partial charge in [0.05, 0.1) is 19.8 Å². The lowest BCUT2D eigenvalue weighted by atomic mass is 10.0. The molecule has 0 fully saturated rings. The Kier molecular flexibility index (Phi) is 5.02. The minimum absolute atomic E-state index is 0.00750. The quantitative estimate of drug-likeness (QED) is 0.473. The van der Waals surface area contributed by atoms with Crippen LogP contribution in [0.2, 0.25) is 0 Å².